The Kier molecular flexibility index (Phi) is 9.47. The first-order valence-electron chi connectivity index (χ1n) is 10.1. The van der Waals surface area contributed by atoms with Crippen molar-refractivity contribution in [2.45, 2.75) is 37.8 Å². The maximum absolute atomic E-state index is 12.0. The third-order valence-electron chi connectivity index (χ3n) is 5.25. The molecule has 2 fully saturated rings. The second-order valence-corrected chi connectivity index (χ2v) is 7.79. The number of hydrogen-bond acceptors (Lipinski definition) is 5. The lowest BCUT2D eigenvalue weighted by molar-refractivity contribution is -0.127. The Morgan fingerprint density at radius 3 is 2.66 bits per heavy atom. The van der Waals surface area contributed by atoms with Gasteiger partial charge in [0.15, 0.2) is 5.96 Å². The summed E-state index contributed by atoms with van der Waals surface area (Å²) >= 11 is 0. The average molecular weight is 519 g/mol. The summed E-state index contributed by atoms with van der Waals surface area (Å²) in [5, 5.41) is 11.4. The number of aliphatic imine (C=N–C) groups is 1. The molecular weight excluding hydrogens is 485 g/mol. The van der Waals surface area contributed by atoms with Crippen molar-refractivity contribution < 1.29 is 9.53 Å². The maximum Gasteiger partial charge on any atom is 0.243 e. The number of hydrogen-bond donors (Lipinski definition) is 2. The maximum atomic E-state index is 12.0. The summed E-state index contributed by atoms with van der Waals surface area (Å²) in [5.41, 5.74) is 1.15. The monoisotopic (exact) mass is 519 g/mol. The molecular formula is C19H34IN7O2. The van der Waals surface area contributed by atoms with E-state index in [-0.39, 0.29) is 42.5 Å². The Balaban J connectivity index is 0.00000300. The Morgan fingerprint density at radius 1 is 1.28 bits per heavy atom. The molecule has 9 nitrogen and oxygen atoms in total. The summed E-state index contributed by atoms with van der Waals surface area (Å²) in [5.74, 6) is 0.717. The molecule has 3 heterocycles. The molecule has 1 atom stereocenters. The van der Waals surface area contributed by atoms with Crippen molar-refractivity contribution >= 4 is 41.5 Å². The Bertz CT molecular complexity index is 673. The molecule has 164 valence electrons. The SMILES string of the molecule is CN(C)C(=O)CN=C(NC1CCOCC1)NC1CCCN(c2cnn(C)c2)C1.I. The fraction of sp³-hybridized carbons (Fsp3) is 0.737. The highest BCUT2D eigenvalue weighted by Gasteiger charge is 2.23. The lowest BCUT2D eigenvalue weighted by Gasteiger charge is -2.35. The van der Waals surface area contributed by atoms with Crippen LogP contribution in [0.25, 0.3) is 0 Å². The number of anilines is 1. The predicted molar refractivity (Wildman–Crippen MR) is 125 cm³/mol. The van der Waals surface area contributed by atoms with E-state index >= 15 is 0 Å². The molecule has 1 unspecified atom stereocenters. The summed E-state index contributed by atoms with van der Waals surface area (Å²) in [6, 6.07) is 0.599. The number of halogens is 1. The van der Waals surface area contributed by atoms with Crippen molar-refractivity contribution in [1.82, 2.24) is 25.3 Å². The van der Waals surface area contributed by atoms with Crippen LogP contribution in [0.4, 0.5) is 5.69 Å². The third kappa shape index (κ3) is 7.32. The van der Waals surface area contributed by atoms with Gasteiger partial charge in [0.05, 0.1) is 11.9 Å². The van der Waals surface area contributed by atoms with E-state index in [9.17, 15) is 4.79 Å². The van der Waals surface area contributed by atoms with Gasteiger partial charge in [0.1, 0.15) is 6.54 Å². The number of piperidine rings is 1. The molecule has 0 aromatic carbocycles. The molecule has 2 aliphatic rings. The first-order chi connectivity index (χ1) is 13.5. The second-order valence-electron chi connectivity index (χ2n) is 7.79. The van der Waals surface area contributed by atoms with E-state index in [1.54, 1.807) is 19.0 Å². The average Bonchev–Trinajstić information content (AvgIpc) is 3.13. The molecule has 0 radical (unpaired) electrons. The van der Waals surface area contributed by atoms with Gasteiger partial charge in [0, 0.05) is 65.7 Å². The minimum absolute atomic E-state index is 0. The smallest absolute Gasteiger partial charge is 0.243 e. The number of ether oxygens (including phenoxy) is 1. The van der Waals surface area contributed by atoms with E-state index in [1.807, 2.05) is 24.1 Å². The highest BCUT2D eigenvalue weighted by Crippen LogP contribution is 2.19. The second kappa shape index (κ2) is 11.6. The predicted octanol–water partition coefficient (Wildman–Crippen LogP) is 0.809. The molecule has 1 aromatic heterocycles. The van der Waals surface area contributed by atoms with Crippen LogP contribution in [0.1, 0.15) is 25.7 Å². The topological polar surface area (TPSA) is 87.0 Å². The summed E-state index contributed by atoms with van der Waals surface area (Å²) in [7, 11) is 5.45. The molecule has 0 aliphatic carbocycles. The first-order valence-corrected chi connectivity index (χ1v) is 10.1. The van der Waals surface area contributed by atoms with Crippen LogP contribution in [0.15, 0.2) is 17.4 Å². The van der Waals surface area contributed by atoms with Crippen LogP contribution in [0.3, 0.4) is 0 Å². The fourth-order valence-corrected chi connectivity index (χ4v) is 3.55. The van der Waals surface area contributed by atoms with Crippen LogP contribution >= 0.6 is 24.0 Å². The van der Waals surface area contributed by atoms with Crippen molar-refractivity contribution in [3.05, 3.63) is 12.4 Å². The molecule has 2 N–H and O–H groups in total. The van der Waals surface area contributed by atoms with Gasteiger partial charge < -0.3 is 25.2 Å². The molecule has 0 bridgehead atoms. The number of likely N-dealkylation sites (N-methyl/N-ethyl adjacent to an activating group) is 1. The Morgan fingerprint density at radius 2 is 2.00 bits per heavy atom. The molecule has 29 heavy (non-hydrogen) atoms. The van der Waals surface area contributed by atoms with Gasteiger partial charge in [0.2, 0.25) is 5.91 Å². The number of aryl methyl sites for hydroxylation is 1. The van der Waals surface area contributed by atoms with Gasteiger partial charge in [-0.15, -0.1) is 24.0 Å². The van der Waals surface area contributed by atoms with E-state index in [1.165, 1.54) is 0 Å². The highest BCUT2D eigenvalue weighted by molar-refractivity contribution is 14.0. The summed E-state index contributed by atoms with van der Waals surface area (Å²) in [6.07, 6.45) is 8.05. The van der Waals surface area contributed by atoms with E-state index in [4.69, 9.17) is 4.74 Å². The summed E-state index contributed by atoms with van der Waals surface area (Å²) in [6.45, 7) is 3.59. The van der Waals surface area contributed by atoms with Crippen molar-refractivity contribution in [1.29, 1.82) is 0 Å². The van der Waals surface area contributed by atoms with Gasteiger partial charge in [-0.3, -0.25) is 9.48 Å². The van der Waals surface area contributed by atoms with Crippen LogP contribution in [-0.4, -0.2) is 85.6 Å². The van der Waals surface area contributed by atoms with Crippen molar-refractivity contribution in [3.8, 4) is 0 Å². The minimum Gasteiger partial charge on any atom is -0.381 e. The van der Waals surface area contributed by atoms with Gasteiger partial charge >= 0.3 is 0 Å². The third-order valence-corrected chi connectivity index (χ3v) is 5.25. The van der Waals surface area contributed by atoms with E-state index in [2.05, 4.69) is 25.6 Å². The molecule has 0 spiro atoms. The Hall–Kier alpha value is -1.56. The molecule has 2 saturated heterocycles. The van der Waals surface area contributed by atoms with Crippen molar-refractivity contribution in [2.24, 2.45) is 12.0 Å². The van der Waals surface area contributed by atoms with E-state index < -0.39 is 0 Å². The van der Waals surface area contributed by atoms with Crippen LogP contribution in [0, 0.1) is 0 Å². The van der Waals surface area contributed by atoms with Crippen LogP contribution in [0.5, 0.6) is 0 Å². The number of amides is 1. The molecule has 0 saturated carbocycles. The van der Waals surface area contributed by atoms with Crippen LogP contribution in [-0.2, 0) is 16.6 Å². The number of nitrogens with zero attached hydrogens (tertiary/aromatic N) is 5. The number of carbonyl (C=O) groups is 1. The lowest BCUT2D eigenvalue weighted by atomic mass is 10.1. The number of aromatic nitrogens is 2. The van der Waals surface area contributed by atoms with Gasteiger partial charge in [-0.1, -0.05) is 0 Å². The van der Waals surface area contributed by atoms with Gasteiger partial charge in [0.25, 0.3) is 0 Å². The molecule has 10 heteroatoms. The molecule has 3 rings (SSSR count). The normalized spacial score (nSPS) is 20.7. The molecule has 1 amide bonds. The number of rotatable bonds is 5. The lowest BCUT2D eigenvalue weighted by Crippen LogP contribution is -2.54. The molecule has 1 aromatic rings. The quantitative estimate of drug-likeness (QED) is 0.340. The van der Waals surface area contributed by atoms with Gasteiger partial charge in [-0.25, -0.2) is 4.99 Å². The minimum atomic E-state index is -0.00583. The van der Waals surface area contributed by atoms with E-state index in [0.29, 0.717) is 6.04 Å². The standard InChI is InChI=1S/C19H33N7O2.HI/c1-24(2)18(27)12-20-19(22-15-6-9-28-10-7-15)23-16-5-4-8-26(13-16)17-11-21-25(3)14-17;/h11,14-16H,4-10,12-13H2,1-3H3,(H2,20,22,23);1H. The largest absolute Gasteiger partial charge is 0.381 e. The highest BCUT2D eigenvalue weighted by atomic mass is 127. The summed E-state index contributed by atoms with van der Waals surface area (Å²) in [4.78, 5) is 20.5. The van der Waals surface area contributed by atoms with Gasteiger partial charge in [-0.2, -0.15) is 5.10 Å². The Labute approximate surface area is 190 Å². The van der Waals surface area contributed by atoms with E-state index in [0.717, 1.165) is 63.6 Å². The number of guanidine groups is 1. The zero-order chi connectivity index (χ0) is 19.9. The van der Waals surface area contributed by atoms with Crippen LogP contribution in [0.2, 0.25) is 0 Å². The summed E-state index contributed by atoms with van der Waals surface area (Å²) < 4.78 is 7.28. The van der Waals surface area contributed by atoms with Crippen molar-refractivity contribution in [2.75, 3.05) is 51.8 Å². The van der Waals surface area contributed by atoms with Crippen molar-refractivity contribution in [3.63, 3.8) is 0 Å². The zero-order valence-electron chi connectivity index (χ0n) is 17.6. The first kappa shape index (κ1) is 23.7. The fourth-order valence-electron chi connectivity index (χ4n) is 3.55. The van der Waals surface area contributed by atoms with Gasteiger partial charge in [-0.05, 0) is 25.7 Å². The molecule has 2 aliphatic heterocycles. The van der Waals surface area contributed by atoms with Crippen LogP contribution < -0.4 is 15.5 Å². The zero-order valence-corrected chi connectivity index (χ0v) is 20.0. The number of carbonyl (C=O) groups excluding carboxylic acids is 1. The number of nitrogens with one attached hydrogen (secondary N) is 2.